The number of esters is 1. The second-order valence-corrected chi connectivity index (χ2v) is 4.27. The topological polar surface area (TPSA) is 39.2 Å². The lowest BCUT2D eigenvalue weighted by atomic mass is 10.0. The number of aromatic nitrogens is 1. The van der Waals surface area contributed by atoms with Crippen LogP contribution >= 0.6 is 11.6 Å². The summed E-state index contributed by atoms with van der Waals surface area (Å²) < 4.78 is 4.81. The molecule has 0 bridgehead atoms. The van der Waals surface area contributed by atoms with E-state index in [0.717, 1.165) is 11.1 Å². The third-order valence-electron chi connectivity index (χ3n) is 2.58. The average Bonchev–Trinajstić information content (AvgIpc) is 2.46. The van der Waals surface area contributed by atoms with Gasteiger partial charge in [-0.25, -0.2) is 4.79 Å². The predicted octanol–water partition coefficient (Wildman–Crippen LogP) is 3.45. The summed E-state index contributed by atoms with van der Waals surface area (Å²) in [4.78, 5) is 15.8. The maximum atomic E-state index is 11.9. The quantitative estimate of drug-likeness (QED) is 0.635. The molecule has 2 rings (SSSR count). The van der Waals surface area contributed by atoms with E-state index >= 15 is 0 Å². The molecule has 0 aliphatic carbocycles. The van der Waals surface area contributed by atoms with Gasteiger partial charge in [0.2, 0.25) is 0 Å². The van der Waals surface area contributed by atoms with Crippen LogP contribution in [0.1, 0.15) is 11.1 Å². The number of hydrogen-bond donors (Lipinski definition) is 0. The van der Waals surface area contributed by atoms with Crippen molar-refractivity contribution in [3.8, 4) is 0 Å². The van der Waals surface area contributed by atoms with Crippen LogP contribution < -0.4 is 0 Å². The first-order valence-corrected chi connectivity index (χ1v) is 6.04. The van der Waals surface area contributed by atoms with Crippen molar-refractivity contribution < 1.29 is 9.53 Å². The van der Waals surface area contributed by atoms with Gasteiger partial charge in [-0.3, -0.25) is 4.98 Å². The van der Waals surface area contributed by atoms with E-state index in [1.54, 1.807) is 42.7 Å². The van der Waals surface area contributed by atoms with Gasteiger partial charge in [0.1, 0.15) is 0 Å². The molecule has 0 aliphatic rings. The number of halogens is 1. The number of rotatable bonds is 3. The molecule has 0 N–H and O–H groups in total. The Kier molecular flexibility index (Phi) is 4.31. The van der Waals surface area contributed by atoms with Gasteiger partial charge in [0, 0.05) is 17.4 Å². The molecule has 0 amide bonds. The summed E-state index contributed by atoms with van der Waals surface area (Å²) >= 11 is 5.85. The van der Waals surface area contributed by atoms with Crippen LogP contribution in [-0.4, -0.2) is 18.1 Å². The normalized spacial score (nSPS) is 11.2. The number of carbonyl (C=O) groups is 1. The minimum Gasteiger partial charge on any atom is -0.465 e. The van der Waals surface area contributed by atoms with Crippen molar-refractivity contribution in [1.82, 2.24) is 4.98 Å². The van der Waals surface area contributed by atoms with Crippen LogP contribution in [0.2, 0.25) is 5.02 Å². The Morgan fingerprint density at radius 2 is 1.79 bits per heavy atom. The highest BCUT2D eigenvalue weighted by atomic mass is 35.5. The van der Waals surface area contributed by atoms with E-state index in [1.807, 2.05) is 12.1 Å². The van der Waals surface area contributed by atoms with E-state index < -0.39 is 0 Å². The number of nitrogens with zero attached hydrogens (tertiary/aromatic N) is 1. The fourth-order valence-electron chi connectivity index (χ4n) is 1.63. The lowest BCUT2D eigenvalue weighted by Gasteiger charge is -2.06. The largest absolute Gasteiger partial charge is 0.465 e. The molecule has 0 atom stereocenters. The first kappa shape index (κ1) is 13.3. The molecule has 0 saturated heterocycles. The predicted molar refractivity (Wildman–Crippen MR) is 75.6 cm³/mol. The summed E-state index contributed by atoms with van der Waals surface area (Å²) in [5.41, 5.74) is 2.11. The molecule has 4 heteroatoms. The molecule has 96 valence electrons. The van der Waals surface area contributed by atoms with E-state index in [0.29, 0.717) is 10.6 Å². The Morgan fingerprint density at radius 3 is 2.37 bits per heavy atom. The van der Waals surface area contributed by atoms with Gasteiger partial charge in [0.25, 0.3) is 0 Å². The zero-order chi connectivity index (χ0) is 13.7. The Labute approximate surface area is 116 Å². The minimum atomic E-state index is -0.390. The molecule has 0 aliphatic heterocycles. The van der Waals surface area contributed by atoms with E-state index in [9.17, 15) is 4.79 Å². The second-order valence-electron chi connectivity index (χ2n) is 3.84. The van der Waals surface area contributed by atoms with Crippen LogP contribution in [-0.2, 0) is 9.53 Å². The molecule has 1 aromatic heterocycles. The van der Waals surface area contributed by atoms with Crippen LogP contribution in [0, 0.1) is 0 Å². The molecule has 1 heterocycles. The van der Waals surface area contributed by atoms with Crippen LogP contribution in [0.4, 0.5) is 0 Å². The Hall–Kier alpha value is -2.13. The van der Waals surface area contributed by atoms with Crippen molar-refractivity contribution in [2.45, 2.75) is 0 Å². The van der Waals surface area contributed by atoms with Crippen LogP contribution in [0.15, 0.2) is 48.8 Å². The smallest absolute Gasteiger partial charge is 0.338 e. The van der Waals surface area contributed by atoms with Gasteiger partial charge in [0.15, 0.2) is 0 Å². The van der Waals surface area contributed by atoms with Crippen LogP contribution in [0.25, 0.3) is 11.6 Å². The SMILES string of the molecule is COC(=O)/C(=C\c1ccncc1)c1ccc(Cl)cc1. The molecule has 0 unspecified atom stereocenters. The van der Waals surface area contributed by atoms with Crippen molar-refractivity contribution in [2.24, 2.45) is 0 Å². The Balaban J connectivity index is 2.45. The summed E-state index contributed by atoms with van der Waals surface area (Å²) in [6.45, 7) is 0. The molecule has 1 aromatic carbocycles. The summed E-state index contributed by atoms with van der Waals surface area (Å²) in [5, 5.41) is 0.622. The average molecular weight is 274 g/mol. The molecule has 0 radical (unpaired) electrons. The highest BCUT2D eigenvalue weighted by molar-refractivity contribution is 6.30. The maximum Gasteiger partial charge on any atom is 0.338 e. The van der Waals surface area contributed by atoms with Gasteiger partial charge in [0.05, 0.1) is 12.7 Å². The zero-order valence-electron chi connectivity index (χ0n) is 10.3. The fourth-order valence-corrected chi connectivity index (χ4v) is 1.75. The molecule has 19 heavy (non-hydrogen) atoms. The van der Waals surface area contributed by atoms with E-state index in [4.69, 9.17) is 16.3 Å². The number of pyridine rings is 1. The standard InChI is InChI=1S/C15H12ClNO2/c1-19-15(18)14(10-11-6-8-17-9-7-11)12-2-4-13(16)5-3-12/h2-10H,1H3/b14-10-. The first-order chi connectivity index (χ1) is 9.20. The van der Waals surface area contributed by atoms with E-state index in [-0.39, 0.29) is 5.97 Å². The van der Waals surface area contributed by atoms with Gasteiger partial charge < -0.3 is 4.74 Å². The highest BCUT2D eigenvalue weighted by Crippen LogP contribution is 2.21. The Bertz CT molecular complexity index is 591. The third-order valence-corrected chi connectivity index (χ3v) is 2.83. The van der Waals surface area contributed by atoms with Crippen molar-refractivity contribution in [2.75, 3.05) is 7.11 Å². The molecule has 0 fully saturated rings. The molecule has 0 spiro atoms. The van der Waals surface area contributed by atoms with Crippen molar-refractivity contribution in [3.05, 3.63) is 64.9 Å². The molecule has 0 saturated carbocycles. The minimum absolute atomic E-state index is 0.390. The number of methoxy groups -OCH3 is 1. The summed E-state index contributed by atoms with van der Waals surface area (Å²) in [5.74, 6) is -0.390. The van der Waals surface area contributed by atoms with Crippen LogP contribution in [0.3, 0.4) is 0 Å². The lowest BCUT2D eigenvalue weighted by molar-refractivity contribution is -0.133. The van der Waals surface area contributed by atoms with Crippen molar-refractivity contribution in [1.29, 1.82) is 0 Å². The van der Waals surface area contributed by atoms with Crippen LogP contribution in [0.5, 0.6) is 0 Å². The van der Waals surface area contributed by atoms with E-state index in [1.165, 1.54) is 7.11 Å². The van der Waals surface area contributed by atoms with Gasteiger partial charge >= 0.3 is 5.97 Å². The van der Waals surface area contributed by atoms with E-state index in [2.05, 4.69) is 4.98 Å². The first-order valence-electron chi connectivity index (χ1n) is 5.66. The summed E-state index contributed by atoms with van der Waals surface area (Å²) in [6, 6.07) is 10.7. The number of hydrogen-bond acceptors (Lipinski definition) is 3. The van der Waals surface area contributed by atoms with Crippen molar-refractivity contribution >= 4 is 29.2 Å². The summed E-state index contributed by atoms with van der Waals surface area (Å²) in [7, 11) is 1.36. The van der Waals surface area contributed by atoms with Gasteiger partial charge in [-0.15, -0.1) is 0 Å². The Morgan fingerprint density at radius 1 is 1.16 bits per heavy atom. The third kappa shape index (κ3) is 3.42. The maximum absolute atomic E-state index is 11.9. The van der Waals surface area contributed by atoms with Gasteiger partial charge in [-0.05, 0) is 41.5 Å². The monoisotopic (exact) mass is 273 g/mol. The summed E-state index contributed by atoms with van der Waals surface area (Å²) in [6.07, 6.45) is 5.10. The van der Waals surface area contributed by atoms with Crippen molar-refractivity contribution in [3.63, 3.8) is 0 Å². The van der Waals surface area contributed by atoms with Gasteiger partial charge in [-0.2, -0.15) is 0 Å². The molecule has 2 aromatic rings. The van der Waals surface area contributed by atoms with Gasteiger partial charge in [-0.1, -0.05) is 23.7 Å². The highest BCUT2D eigenvalue weighted by Gasteiger charge is 2.12. The fraction of sp³-hybridized carbons (Fsp3) is 0.0667. The molecule has 3 nitrogen and oxygen atoms in total. The second kappa shape index (κ2) is 6.16. The lowest BCUT2D eigenvalue weighted by Crippen LogP contribution is -2.03. The number of benzene rings is 1. The number of carbonyl (C=O) groups excluding carboxylic acids is 1. The molecular weight excluding hydrogens is 262 g/mol. The molecular formula is C15H12ClNO2. The number of ether oxygens (including phenoxy) is 1. The zero-order valence-corrected chi connectivity index (χ0v) is 11.1.